The first kappa shape index (κ1) is 12.4. The van der Waals surface area contributed by atoms with Gasteiger partial charge in [0.1, 0.15) is 6.10 Å². The Morgan fingerprint density at radius 1 is 1.21 bits per heavy atom. The molecule has 1 amide bonds. The Bertz CT molecular complexity index is 432. The molecule has 3 rings (SSSR count). The number of nitrogens with zero attached hydrogens (tertiary/aromatic N) is 3. The van der Waals surface area contributed by atoms with Crippen LogP contribution in [0.25, 0.3) is 0 Å². The molecule has 5 heteroatoms. The van der Waals surface area contributed by atoms with Crippen LogP contribution < -0.4 is 4.74 Å². The van der Waals surface area contributed by atoms with Crippen LogP contribution >= 0.6 is 0 Å². The Hall–Kier alpha value is -1.65. The molecule has 2 fully saturated rings. The summed E-state index contributed by atoms with van der Waals surface area (Å²) in [5, 5.41) is 0. The van der Waals surface area contributed by atoms with Crippen LogP contribution in [0.3, 0.4) is 0 Å². The number of hydrogen-bond acceptors (Lipinski definition) is 4. The Morgan fingerprint density at radius 2 is 1.95 bits per heavy atom. The second kappa shape index (κ2) is 5.55. The van der Waals surface area contributed by atoms with E-state index in [9.17, 15) is 4.79 Å². The van der Waals surface area contributed by atoms with Crippen LogP contribution in [-0.4, -0.2) is 40.0 Å². The van der Waals surface area contributed by atoms with E-state index in [1.165, 1.54) is 12.8 Å². The molecule has 102 valence electrons. The number of rotatable bonds is 3. The van der Waals surface area contributed by atoms with Crippen LogP contribution in [0.15, 0.2) is 18.5 Å². The van der Waals surface area contributed by atoms with Crippen LogP contribution in [-0.2, 0) is 4.79 Å². The van der Waals surface area contributed by atoms with Crippen molar-refractivity contribution in [2.75, 3.05) is 13.1 Å². The van der Waals surface area contributed by atoms with Gasteiger partial charge in [0.2, 0.25) is 5.91 Å². The SMILES string of the molecule is O=C(C1CCCC1)N1CCC(Oc2ncccn2)C1. The molecule has 1 aliphatic carbocycles. The number of ether oxygens (including phenoxy) is 1. The molecule has 5 nitrogen and oxygen atoms in total. The first-order chi connectivity index (χ1) is 9.33. The third-order valence-corrected chi connectivity index (χ3v) is 3.98. The van der Waals surface area contributed by atoms with Crippen LogP contribution in [0.4, 0.5) is 0 Å². The van der Waals surface area contributed by atoms with Crippen molar-refractivity contribution in [2.45, 2.75) is 38.2 Å². The summed E-state index contributed by atoms with van der Waals surface area (Å²) in [4.78, 5) is 22.3. The molecule has 0 spiro atoms. The number of aromatic nitrogens is 2. The fourth-order valence-corrected chi connectivity index (χ4v) is 2.95. The Kier molecular flexibility index (Phi) is 3.62. The summed E-state index contributed by atoms with van der Waals surface area (Å²) in [5.41, 5.74) is 0. The van der Waals surface area contributed by atoms with E-state index < -0.39 is 0 Å². The topological polar surface area (TPSA) is 55.3 Å². The van der Waals surface area contributed by atoms with Crippen molar-refractivity contribution in [3.05, 3.63) is 18.5 Å². The highest BCUT2D eigenvalue weighted by molar-refractivity contribution is 5.79. The molecule has 1 aliphatic heterocycles. The molecule has 0 bridgehead atoms. The number of hydrogen-bond donors (Lipinski definition) is 0. The molecular weight excluding hydrogens is 242 g/mol. The van der Waals surface area contributed by atoms with E-state index in [1.807, 2.05) is 4.90 Å². The second-order valence-corrected chi connectivity index (χ2v) is 5.33. The molecule has 1 saturated heterocycles. The average molecular weight is 261 g/mol. The maximum absolute atomic E-state index is 12.3. The first-order valence-corrected chi connectivity index (χ1v) is 7.05. The van der Waals surface area contributed by atoms with Crippen molar-refractivity contribution in [3.8, 4) is 6.01 Å². The van der Waals surface area contributed by atoms with Gasteiger partial charge in [0.05, 0.1) is 6.54 Å². The Labute approximate surface area is 113 Å². The maximum atomic E-state index is 12.3. The van der Waals surface area contributed by atoms with Gasteiger partial charge in [-0.1, -0.05) is 12.8 Å². The lowest BCUT2D eigenvalue weighted by Crippen LogP contribution is -2.35. The monoisotopic (exact) mass is 261 g/mol. The summed E-state index contributed by atoms with van der Waals surface area (Å²) in [5.74, 6) is 0.573. The third-order valence-electron chi connectivity index (χ3n) is 3.98. The minimum absolute atomic E-state index is 0.0350. The zero-order chi connectivity index (χ0) is 13.1. The third kappa shape index (κ3) is 2.85. The summed E-state index contributed by atoms with van der Waals surface area (Å²) in [6, 6.07) is 2.17. The van der Waals surface area contributed by atoms with Gasteiger partial charge >= 0.3 is 6.01 Å². The van der Waals surface area contributed by atoms with Crippen molar-refractivity contribution in [2.24, 2.45) is 5.92 Å². The van der Waals surface area contributed by atoms with Crippen LogP contribution in [0, 0.1) is 5.92 Å². The summed E-state index contributed by atoms with van der Waals surface area (Å²) in [6.45, 7) is 1.47. The highest BCUT2D eigenvalue weighted by Crippen LogP contribution is 2.28. The van der Waals surface area contributed by atoms with E-state index in [2.05, 4.69) is 9.97 Å². The van der Waals surface area contributed by atoms with E-state index in [0.29, 0.717) is 18.5 Å². The Morgan fingerprint density at radius 3 is 2.68 bits per heavy atom. The molecule has 2 heterocycles. The molecule has 1 unspecified atom stereocenters. The molecule has 1 aromatic heterocycles. The molecule has 1 atom stereocenters. The summed E-state index contributed by atoms with van der Waals surface area (Å²) in [7, 11) is 0. The highest BCUT2D eigenvalue weighted by atomic mass is 16.5. The fraction of sp³-hybridized carbons (Fsp3) is 0.643. The van der Waals surface area contributed by atoms with Crippen LogP contribution in [0.5, 0.6) is 6.01 Å². The van der Waals surface area contributed by atoms with E-state index in [0.717, 1.165) is 25.8 Å². The molecule has 2 aliphatic rings. The van der Waals surface area contributed by atoms with Crippen molar-refractivity contribution < 1.29 is 9.53 Å². The highest BCUT2D eigenvalue weighted by Gasteiger charge is 2.33. The van der Waals surface area contributed by atoms with E-state index in [-0.39, 0.29) is 12.0 Å². The van der Waals surface area contributed by atoms with Crippen molar-refractivity contribution in [3.63, 3.8) is 0 Å². The smallest absolute Gasteiger partial charge is 0.316 e. The molecule has 1 saturated carbocycles. The molecule has 1 aromatic rings. The van der Waals surface area contributed by atoms with Gasteiger partial charge in [0.15, 0.2) is 0 Å². The molecular formula is C14H19N3O2. The van der Waals surface area contributed by atoms with Crippen molar-refractivity contribution in [1.82, 2.24) is 14.9 Å². The van der Waals surface area contributed by atoms with Crippen LogP contribution in [0.1, 0.15) is 32.1 Å². The summed E-state index contributed by atoms with van der Waals surface area (Å²) in [6.07, 6.45) is 8.75. The van der Waals surface area contributed by atoms with Crippen LogP contribution in [0.2, 0.25) is 0 Å². The molecule has 0 radical (unpaired) electrons. The predicted molar refractivity (Wildman–Crippen MR) is 69.6 cm³/mol. The molecule has 0 N–H and O–H groups in total. The largest absolute Gasteiger partial charge is 0.458 e. The number of likely N-dealkylation sites (tertiary alicyclic amines) is 1. The normalized spacial score (nSPS) is 23.8. The molecule has 0 aromatic carbocycles. The number of carbonyl (C=O) groups is 1. The minimum Gasteiger partial charge on any atom is -0.458 e. The van der Waals surface area contributed by atoms with E-state index in [1.54, 1.807) is 18.5 Å². The lowest BCUT2D eigenvalue weighted by molar-refractivity contribution is -0.134. The quantitative estimate of drug-likeness (QED) is 0.830. The van der Waals surface area contributed by atoms with Gasteiger partial charge in [-0.05, 0) is 18.9 Å². The van der Waals surface area contributed by atoms with Gasteiger partial charge in [-0.15, -0.1) is 0 Å². The van der Waals surface area contributed by atoms with Crippen molar-refractivity contribution >= 4 is 5.91 Å². The zero-order valence-corrected chi connectivity index (χ0v) is 11.0. The fourth-order valence-electron chi connectivity index (χ4n) is 2.95. The Balaban J connectivity index is 1.53. The molecule has 19 heavy (non-hydrogen) atoms. The lowest BCUT2D eigenvalue weighted by atomic mass is 10.1. The van der Waals surface area contributed by atoms with Gasteiger partial charge in [-0.25, -0.2) is 9.97 Å². The minimum atomic E-state index is 0.0350. The number of amides is 1. The van der Waals surface area contributed by atoms with E-state index >= 15 is 0 Å². The zero-order valence-electron chi connectivity index (χ0n) is 11.0. The van der Waals surface area contributed by atoms with Gasteiger partial charge in [-0.2, -0.15) is 0 Å². The maximum Gasteiger partial charge on any atom is 0.316 e. The number of carbonyl (C=O) groups excluding carboxylic acids is 1. The summed E-state index contributed by atoms with van der Waals surface area (Å²) < 4.78 is 5.70. The predicted octanol–water partition coefficient (Wildman–Crippen LogP) is 1.65. The first-order valence-electron chi connectivity index (χ1n) is 7.05. The van der Waals surface area contributed by atoms with Crippen molar-refractivity contribution in [1.29, 1.82) is 0 Å². The summed E-state index contributed by atoms with van der Waals surface area (Å²) >= 11 is 0. The average Bonchev–Trinajstić information content (AvgIpc) is 3.10. The lowest BCUT2D eigenvalue weighted by Gasteiger charge is -2.20. The second-order valence-electron chi connectivity index (χ2n) is 5.33. The van der Waals surface area contributed by atoms with Gasteiger partial charge in [-0.3, -0.25) is 4.79 Å². The van der Waals surface area contributed by atoms with E-state index in [4.69, 9.17) is 4.74 Å². The standard InChI is InChI=1S/C14H19N3O2/c18-13(11-4-1-2-5-11)17-9-6-12(10-17)19-14-15-7-3-8-16-14/h3,7-8,11-12H,1-2,4-6,9-10H2. The van der Waals surface area contributed by atoms with Gasteiger partial charge in [0, 0.05) is 31.3 Å². The van der Waals surface area contributed by atoms with Gasteiger partial charge < -0.3 is 9.64 Å². The van der Waals surface area contributed by atoms with Gasteiger partial charge in [0.25, 0.3) is 0 Å².